The average molecular weight is 497 g/mol. The maximum absolute atomic E-state index is 13.7. The van der Waals surface area contributed by atoms with Crippen LogP contribution in [-0.2, 0) is 17.6 Å². The Hall–Kier alpha value is -2.68. The molecule has 4 aromatic rings. The number of halogens is 1. The van der Waals surface area contributed by atoms with Crippen LogP contribution in [0.25, 0.3) is 15.9 Å². The summed E-state index contributed by atoms with van der Waals surface area (Å²) in [4.78, 5) is 37.5. The monoisotopic (exact) mass is 496 g/mol. The van der Waals surface area contributed by atoms with E-state index in [0.29, 0.717) is 10.8 Å². The minimum absolute atomic E-state index is 0.0753. The molecular weight excluding hydrogens is 476 g/mol. The fourth-order valence-corrected chi connectivity index (χ4v) is 6.35. The molecule has 0 fully saturated rings. The number of rotatable bonds is 5. The van der Waals surface area contributed by atoms with Crippen LogP contribution in [0.15, 0.2) is 52.5 Å². The number of anilines is 1. The van der Waals surface area contributed by atoms with Crippen molar-refractivity contribution in [1.29, 1.82) is 0 Å². The molecule has 0 aliphatic heterocycles. The van der Waals surface area contributed by atoms with Gasteiger partial charge in [-0.1, -0.05) is 41.1 Å². The van der Waals surface area contributed by atoms with E-state index in [9.17, 15) is 9.59 Å². The number of thiophene rings is 1. The predicted molar refractivity (Wildman–Crippen MR) is 135 cm³/mol. The number of pyridine rings is 1. The summed E-state index contributed by atoms with van der Waals surface area (Å²) in [5.74, 6) is -0.242. The highest BCUT2D eigenvalue weighted by Gasteiger charge is 2.26. The first-order chi connectivity index (χ1) is 15.9. The summed E-state index contributed by atoms with van der Waals surface area (Å²) in [7, 11) is 0. The van der Waals surface area contributed by atoms with Crippen molar-refractivity contribution < 1.29 is 4.79 Å². The molecule has 1 atom stereocenters. The molecule has 5 rings (SSSR count). The highest BCUT2D eigenvalue weighted by atomic mass is 35.5. The van der Waals surface area contributed by atoms with Gasteiger partial charge in [0.2, 0.25) is 5.91 Å². The minimum atomic E-state index is -0.519. The van der Waals surface area contributed by atoms with Crippen molar-refractivity contribution in [2.75, 3.05) is 5.32 Å². The molecule has 0 spiro atoms. The third kappa shape index (κ3) is 4.18. The summed E-state index contributed by atoms with van der Waals surface area (Å²) in [6, 6.07) is 11.2. The summed E-state index contributed by atoms with van der Waals surface area (Å²) in [6.45, 7) is 3.79. The van der Waals surface area contributed by atoms with Crippen LogP contribution in [0.3, 0.4) is 0 Å². The molecule has 3 aromatic heterocycles. The van der Waals surface area contributed by atoms with Gasteiger partial charge in [0.1, 0.15) is 4.83 Å². The highest BCUT2D eigenvalue weighted by molar-refractivity contribution is 8.00. The highest BCUT2D eigenvalue weighted by Crippen LogP contribution is 2.36. The third-order valence-electron chi connectivity index (χ3n) is 5.67. The molecule has 1 N–H and O–H groups in total. The molecule has 33 heavy (non-hydrogen) atoms. The number of hydrogen-bond acceptors (Lipinski definition) is 6. The number of aryl methyl sites for hydroxylation is 3. The number of nitrogens with one attached hydrogen (secondary N) is 1. The summed E-state index contributed by atoms with van der Waals surface area (Å²) in [6.07, 6.45) is 4.55. The largest absolute Gasteiger partial charge is 0.322 e. The van der Waals surface area contributed by atoms with Crippen LogP contribution in [0.2, 0.25) is 5.15 Å². The average Bonchev–Trinajstić information content (AvgIpc) is 3.37. The third-order valence-corrected chi connectivity index (χ3v) is 8.21. The Morgan fingerprint density at radius 1 is 1.24 bits per heavy atom. The van der Waals surface area contributed by atoms with E-state index >= 15 is 0 Å². The summed E-state index contributed by atoms with van der Waals surface area (Å²) in [5.41, 5.74) is 3.36. The quantitative estimate of drug-likeness (QED) is 0.227. The SMILES string of the molecule is Cc1ccc(-n2c(SC(C)C(=O)Nc3cccnc3Cl)nc3sc4c(c3c2=O)CCC4)cc1. The topological polar surface area (TPSA) is 76.9 Å². The molecule has 1 amide bonds. The molecule has 0 saturated carbocycles. The molecule has 0 saturated heterocycles. The smallest absolute Gasteiger partial charge is 0.267 e. The van der Waals surface area contributed by atoms with E-state index in [1.54, 1.807) is 41.2 Å². The number of fused-ring (bicyclic) bond motifs is 3. The lowest BCUT2D eigenvalue weighted by Gasteiger charge is -2.16. The molecule has 1 aliphatic rings. The number of carbonyl (C=O) groups excluding carboxylic acids is 1. The second-order valence-corrected chi connectivity index (χ2v) is 10.7. The van der Waals surface area contributed by atoms with E-state index in [1.807, 2.05) is 31.2 Å². The Morgan fingerprint density at radius 2 is 2.03 bits per heavy atom. The molecule has 6 nitrogen and oxygen atoms in total. The summed E-state index contributed by atoms with van der Waals surface area (Å²) < 4.78 is 1.64. The van der Waals surface area contributed by atoms with Gasteiger partial charge in [0.25, 0.3) is 5.56 Å². The van der Waals surface area contributed by atoms with Gasteiger partial charge in [0, 0.05) is 11.1 Å². The first kappa shape index (κ1) is 22.1. The van der Waals surface area contributed by atoms with E-state index in [0.717, 1.165) is 46.3 Å². The first-order valence-electron chi connectivity index (χ1n) is 10.6. The maximum atomic E-state index is 13.7. The number of thioether (sulfide) groups is 1. The minimum Gasteiger partial charge on any atom is -0.322 e. The number of aromatic nitrogens is 3. The normalized spacial score (nSPS) is 13.8. The predicted octanol–water partition coefficient (Wildman–Crippen LogP) is 5.41. The van der Waals surface area contributed by atoms with Gasteiger partial charge in [-0.05, 0) is 62.9 Å². The van der Waals surface area contributed by atoms with Gasteiger partial charge in [-0.3, -0.25) is 14.2 Å². The molecule has 0 bridgehead atoms. The van der Waals surface area contributed by atoms with Crippen LogP contribution in [0.1, 0.15) is 29.3 Å². The Kier molecular flexibility index (Phi) is 5.99. The molecule has 1 unspecified atom stereocenters. The van der Waals surface area contributed by atoms with Gasteiger partial charge in [0.15, 0.2) is 10.3 Å². The van der Waals surface area contributed by atoms with Crippen molar-refractivity contribution in [3.8, 4) is 5.69 Å². The number of amides is 1. The van der Waals surface area contributed by atoms with Gasteiger partial charge < -0.3 is 5.32 Å². The molecule has 1 aliphatic carbocycles. The van der Waals surface area contributed by atoms with Gasteiger partial charge in [-0.25, -0.2) is 9.97 Å². The standard InChI is InChI=1S/C24H21ClN4O2S2/c1-13-8-10-15(11-9-13)29-23(31)19-16-5-3-7-18(16)33-22(19)28-24(29)32-14(2)21(30)27-17-6-4-12-26-20(17)25/h4,6,8-12,14H,3,5,7H2,1-2H3,(H,27,30). The zero-order valence-electron chi connectivity index (χ0n) is 18.1. The van der Waals surface area contributed by atoms with Crippen LogP contribution >= 0.6 is 34.7 Å². The maximum Gasteiger partial charge on any atom is 0.267 e. The zero-order chi connectivity index (χ0) is 23.1. The second kappa shape index (κ2) is 8.93. The van der Waals surface area contributed by atoms with E-state index in [1.165, 1.54) is 16.6 Å². The van der Waals surface area contributed by atoms with Gasteiger partial charge in [0.05, 0.1) is 22.0 Å². The van der Waals surface area contributed by atoms with Crippen molar-refractivity contribution >= 4 is 56.5 Å². The van der Waals surface area contributed by atoms with Gasteiger partial charge in [-0.2, -0.15) is 0 Å². The Labute approximate surface area is 204 Å². The lowest BCUT2D eigenvalue weighted by Crippen LogP contribution is -2.26. The second-order valence-electron chi connectivity index (χ2n) is 8.00. The van der Waals surface area contributed by atoms with Gasteiger partial charge >= 0.3 is 0 Å². The number of nitrogens with zero attached hydrogens (tertiary/aromatic N) is 3. The Morgan fingerprint density at radius 3 is 2.79 bits per heavy atom. The van der Waals surface area contributed by atoms with Crippen LogP contribution in [0, 0.1) is 6.92 Å². The lowest BCUT2D eigenvalue weighted by molar-refractivity contribution is -0.115. The lowest BCUT2D eigenvalue weighted by atomic mass is 10.2. The van der Waals surface area contributed by atoms with Crippen molar-refractivity contribution in [3.05, 3.63) is 74.1 Å². The molecule has 0 radical (unpaired) electrons. The van der Waals surface area contributed by atoms with Crippen LogP contribution in [0.4, 0.5) is 5.69 Å². The molecule has 3 heterocycles. The van der Waals surface area contributed by atoms with Gasteiger partial charge in [-0.15, -0.1) is 11.3 Å². The van der Waals surface area contributed by atoms with Crippen molar-refractivity contribution in [2.45, 2.75) is 43.5 Å². The number of carbonyl (C=O) groups is 1. The van der Waals surface area contributed by atoms with E-state index < -0.39 is 5.25 Å². The molecule has 168 valence electrons. The fraction of sp³-hybridized carbons (Fsp3) is 0.250. The molecule has 9 heteroatoms. The zero-order valence-corrected chi connectivity index (χ0v) is 20.5. The Balaban J connectivity index is 1.56. The van der Waals surface area contributed by atoms with E-state index in [2.05, 4.69) is 10.3 Å². The van der Waals surface area contributed by atoms with E-state index in [-0.39, 0.29) is 16.6 Å². The van der Waals surface area contributed by atoms with Crippen molar-refractivity contribution in [2.24, 2.45) is 0 Å². The van der Waals surface area contributed by atoms with Crippen molar-refractivity contribution in [3.63, 3.8) is 0 Å². The van der Waals surface area contributed by atoms with Crippen LogP contribution in [-0.4, -0.2) is 25.7 Å². The number of hydrogen-bond donors (Lipinski definition) is 1. The molecule has 1 aromatic carbocycles. The van der Waals surface area contributed by atoms with Crippen LogP contribution < -0.4 is 10.9 Å². The summed E-state index contributed by atoms with van der Waals surface area (Å²) in [5, 5.41) is 3.74. The van der Waals surface area contributed by atoms with Crippen LogP contribution in [0.5, 0.6) is 0 Å². The fourth-order valence-electron chi connectivity index (χ4n) is 3.95. The van der Waals surface area contributed by atoms with E-state index in [4.69, 9.17) is 16.6 Å². The number of benzene rings is 1. The Bertz CT molecular complexity index is 1430. The van der Waals surface area contributed by atoms with Crippen molar-refractivity contribution in [1.82, 2.24) is 14.5 Å². The first-order valence-corrected chi connectivity index (χ1v) is 12.7. The summed E-state index contributed by atoms with van der Waals surface area (Å²) >= 11 is 8.94. The molecular formula is C24H21ClN4O2S2.